The third-order valence-electron chi connectivity index (χ3n) is 3.52. The second-order valence-electron chi connectivity index (χ2n) is 5.18. The van der Waals surface area contributed by atoms with Crippen LogP contribution in [0.1, 0.15) is 24.0 Å². The minimum absolute atomic E-state index is 0.119. The Morgan fingerprint density at radius 3 is 2.81 bits per heavy atom. The third-order valence-corrected chi connectivity index (χ3v) is 5.47. The molecule has 1 heterocycles. The van der Waals surface area contributed by atoms with Crippen molar-refractivity contribution < 1.29 is 17.6 Å². The van der Waals surface area contributed by atoms with Gasteiger partial charge in [-0.1, -0.05) is 12.1 Å². The molecule has 0 aromatic heterocycles. The summed E-state index contributed by atoms with van der Waals surface area (Å²) in [6.07, 6.45) is 0.736. The Balaban J connectivity index is 1.78. The van der Waals surface area contributed by atoms with Crippen LogP contribution in [0, 0.1) is 12.7 Å². The summed E-state index contributed by atoms with van der Waals surface area (Å²) in [7, 11) is -3.16. The summed E-state index contributed by atoms with van der Waals surface area (Å²) < 4.78 is 37.9. The van der Waals surface area contributed by atoms with Crippen LogP contribution in [0.3, 0.4) is 0 Å². The van der Waals surface area contributed by atoms with Gasteiger partial charge < -0.3 is 5.32 Å². The van der Waals surface area contributed by atoms with Crippen LogP contribution in [0.5, 0.6) is 0 Å². The number of halogens is 1. The molecule has 0 radical (unpaired) electrons. The van der Waals surface area contributed by atoms with E-state index in [0.717, 1.165) is 0 Å². The first-order chi connectivity index (χ1) is 9.88. The van der Waals surface area contributed by atoms with Gasteiger partial charge in [-0.25, -0.2) is 17.1 Å². The normalized spacial score (nSPS) is 17.8. The molecule has 0 aliphatic carbocycles. The van der Waals surface area contributed by atoms with Crippen molar-refractivity contribution in [3.05, 3.63) is 35.1 Å². The van der Waals surface area contributed by atoms with Crippen LogP contribution in [-0.4, -0.2) is 37.5 Å². The summed E-state index contributed by atoms with van der Waals surface area (Å²) in [5.74, 6) is -0.375. The number of benzene rings is 1. The summed E-state index contributed by atoms with van der Waals surface area (Å²) in [4.78, 5) is 11.7. The molecule has 0 spiro atoms. The zero-order valence-electron chi connectivity index (χ0n) is 11.9. The molecular weight excluding hydrogens is 295 g/mol. The average molecular weight is 314 g/mol. The lowest BCUT2D eigenvalue weighted by Gasteiger charge is -2.13. The number of amides is 1. The van der Waals surface area contributed by atoms with E-state index in [1.54, 1.807) is 19.1 Å². The summed E-state index contributed by atoms with van der Waals surface area (Å²) in [6.45, 7) is 2.60. The van der Waals surface area contributed by atoms with Gasteiger partial charge in [0, 0.05) is 26.1 Å². The van der Waals surface area contributed by atoms with Gasteiger partial charge in [0.05, 0.1) is 5.75 Å². The van der Waals surface area contributed by atoms with E-state index >= 15 is 0 Å². The van der Waals surface area contributed by atoms with E-state index in [-0.39, 0.29) is 37.0 Å². The lowest BCUT2D eigenvalue weighted by Crippen LogP contribution is -2.31. The molecule has 1 amide bonds. The van der Waals surface area contributed by atoms with E-state index in [9.17, 15) is 17.6 Å². The quantitative estimate of drug-likeness (QED) is 0.887. The smallest absolute Gasteiger partial charge is 0.221 e. The monoisotopic (exact) mass is 314 g/mol. The highest BCUT2D eigenvalue weighted by atomic mass is 32.2. The SMILES string of the molecule is Cc1ccc(CNC(=O)CCN2CCCS2(=O)=O)cc1F. The number of nitrogens with one attached hydrogen (secondary N) is 1. The van der Waals surface area contributed by atoms with Crippen LogP contribution >= 0.6 is 0 Å². The maximum atomic E-state index is 13.4. The van der Waals surface area contributed by atoms with E-state index in [2.05, 4.69) is 5.32 Å². The van der Waals surface area contributed by atoms with Crippen LogP contribution in [-0.2, 0) is 21.4 Å². The van der Waals surface area contributed by atoms with E-state index in [1.807, 2.05) is 0 Å². The number of hydrogen-bond donors (Lipinski definition) is 1. The maximum Gasteiger partial charge on any atom is 0.221 e. The Morgan fingerprint density at radius 2 is 2.19 bits per heavy atom. The predicted octanol–water partition coefficient (Wildman–Crippen LogP) is 1.18. The Labute approximate surface area is 124 Å². The standard InChI is InChI=1S/C14H19FN2O3S/c1-11-3-4-12(9-13(11)15)10-16-14(18)5-7-17-6-2-8-21(17,19)20/h3-4,9H,2,5-8,10H2,1H3,(H,16,18). The van der Waals surface area contributed by atoms with Gasteiger partial charge in [0.1, 0.15) is 5.82 Å². The summed E-state index contributed by atoms with van der Waals surface area (Å²) >= 11 is 0. The highest BCUT2D eigenvalue weighted by Crippen LogP contribution is 2.13. The molecule has 1 aromatic rings. The molecule has 1 aliphatic rings. The number of rotatable bonds is 5. The van der Waals surface area contributed by atoms with Gasteiger partial charge in [-0.2, -0.15) is 0 Å². The first-order valence-corrected chi connectivity index (χ1v) is 8.49. The maximum absolute atomic E-state index is 13.4. The Morgan fingerprint density at radius 1 is 1.43 bits per heavy atom. The highest BCUT2D eigenvalue weighted by molar-refractivity contribution is 7.89. The summed E-state index contributed by atoms with van der Waals surface area (Å²) in [5.41, 5.74) is 1.24. The van der Waals surface area contributed by atoms with Crippen molar-refractivity contribution in [3.63, 3.8) is 0 Å². The van der Waals surface area contributed by atoms with Crippen molar-refractivity contribution in [2.75, 3.05) is 18.8 Å². The molecule has 1 aromatic carbocycles. The number of hydrogen-bond acceptors (Lipinski definition) is 3. The van der Waals surface area contributed by atoms with Crippen LogP contribution in [0.15, 0.2) is 18.2 Å². The molecule has 7 heteroatoms. The highest BCUT2D eigenvalue weighted by Gasteiger charge is 2.27. The van der Waals surface area contributed by atoms with E-state index in [4.69, 9.17) is 0 Å². The molecule has 0 saturated carbocycles. The fourth-order valence-corrected chi connectivity index (χ4v) is 3.73. The molecule has 1 aliphatic heterocycles. The van der Waals surface area contributed by atoms with Crippen LogP contribution in [0.4, 0.5) is 4.39 Å². The molecule has 0 bridgehead atoms. The summed E-state index contributed by atoms with van der Waals surface area (Å²) in [5, 5.41) is 2.67. The molecule has 1 fully saturated rings. The van der Waals surface area contributed by atoms with Crippen molar-refractivity contribution in [1.29, 1.82) is 0 Å². The van der Waals surface area contributed by atoms with Gasteiger partial charge >= 0.3 is 0 Å². The van der Waals surface area contributed by atoms with E-state index in [1.165, 1.54) is 10.4 Å². The lowest BCUT2D eigenvalue weighted by atomic mass is 10.1. The third kappa shape index (κ3) is 4.25. The molecular formula is C14H19FN2O3S. The van der Waals surface area contributed by atoms with E-state index < -0.39 is 10.0 Å². The van der Waals surface area contributed by atoms with Gasteiger partial charge in [-0.3, -0.25) is 4.79 Å². The Bertz CT molecular complexity index is 631. The van der Waals surface area contributed by atoms with Crippen molar-refractivity contribution in [1.82, 2.24) is 9.62 Å². The largest absolute Gasteiger partial charge is 0.352 e. The predicted molar refractivity (Wildman–Crippen MR) is 77.6 cm³/mol. The Hall–Kier alpha value is -1.47. The van der Waals surface area contributed by atoms with Gasteiger partial charge in [0.15, 0.2) is 0 Å². The minimum atomic E-state index is -3.16. The number of carbonyl (C=O) groups is 1. The van der Waals surface area contributed by atoms with Crippen molar-refractivity contribution in [2.24, 2.45) is 0 Å². The van der Waals surface area contributed by atoms with Crippen LogP contribution in [0.25, 0.3) is 0 Å². The number of sulfonamides is 1. The van der Waals surface area contributed by atoms with E-state index in [0.29, 0.717) is 24.1 Å². The van der Waals surface area contributed by atoms with Crippen molar-refractivity contribution in [2.45, 2.75) is 26.3 Å². The molecule has 116 valence electrons. The number of aryl methyl sites for hydroxylation is 1. The van der Waals surface area contributed by atoms with Gasteiger partial charge in [0.25, 0.3) is 0 Å². The first kappa shape index (κ1) is 15.9. The van der Waals surface area contributed by atoms with Gasteiger partial charge in [-0.05, 0) is 30.5 Å². The zero-order chi connectivity index (χ0) is 15.5. The fourth-order valence-electron chi connectivity index (χ4n) is 2.20. The fraction of sp³-hybridized carbons (Fsp3) is 0.500. The second kappa shape index (κ2) is 6.53. The molecule has 0 unspecified atom stereocenters. The molecule has 21 heavy (non-hydrogen) atoms. The van der Waals surface area contributed by atoms with Crippen LogP contribution < -0.4 is 5.32 Å². The second-order valence-corrected chi connectivity index (χ2v) is 7.27. The first-order valence-electron chi connectivity index (χ1n) is 6.88. The van der Waals surface area contributed by atoms with Crippen LogP contribution in [0.2, 0.25) is 0 Å². The molecule has 1 saturated heterocycles. The Kier molecular flexibility index (Phi) is 4.95. The zero-order valence-corrected chi connectivity index (χ0v) is 12.7. The average Bonchev–Trinajstić information content (AvgIpc) is 2.76. The molecule has 2 rings (SSSR count). The topological polar surface area (TPSA) is 66.5 Å². The van der Waals surface area contributed by atoms with Gasteiger partial charge in [-0.15, -0.1) is 0 Å². The number of carbonyl (C=O) groups excluding carboxylic acids is 1. The van der Waals surface area contributed by atoms with Crippen molar-refractivity contribution >= 4 is 15.9 Å². The lowest BCUT2D eigenvalue weighted by molar-refractivity contribution is -0.121. The van der Waals surface area contributed by atoms with Crippen molar-refractivity contribution in [3.8, 4) is 0 Å². The molecule has 1 N–H and O–H groups in total. The number of nitrogens with zero attached hydrogens (tertiary/aromatic N) is 1. The minimum Gasteiger partial charge on any atom is -0.352 e. The van der Waals surface area contributed by atoms with Gasteiger partial charge in [0.2, 0.25) is 15.9 Å². The molecule has 0 atom stereocenters. The summed E-state index contributed by atoms with van der Waals surface area (Å²) in [6, 6.07) is 4.80. The molecule has 5 nitrogen and oxygen atoms in total.